The lowest BCUT2D eigenvalue weighted by Crippen LogP contribution is -1.99. The third kappa shape index (κ3) is 1.22. The number of fused-ring (bicyclic) bond motifs is 1. The first-order chi connectivity index (χ1) is 6.74. The molecule has 2 heterocycles. The number of nitrogens with zero attached hydrogens (tertiary/aromatic N) is 4. The third-order valence-corrected chi connectivity index (χ3v) is 2.20. The Balaban J connectivity index is 2.78. The average Bonchev–Trinajstić information content (AvgIpc) is 2.47. The maximum Gasteiger partial charge on any atom is 0.165 e. The van der Waals surface area contributed by atoms with Crippen LogP contribution in [0.5, 0.6) is 0 Å². The number of imidazole rings is 1. The van der Waals surface area contributed by atoms with E-state index in [2.05, 4.69) is 20.9 Å². The molecule has 70 valence electrons. The van der Waals surface area contributed by atoms with Gasteiger partial charge >= 0.3 is 0 Å². The van der Waals surface area contributed by atoms with Crippen LogP contribution in [0.2, 0.25) is 5.15 Å². The van der Waals surface area contributed by atoms with E-state index >= 15 is 0 Å². The molecule has 0 saturated carbocycles. The fraction of sp³-hybridized carbons (Fsp3) is 0.222. The molecule has 0 atom stereocenters. The molecule has 0 N–H and O–H groups in total. The van der Waals surface area contributed by atoms with Crippen molar-refractivity contribution in [2.24, 2.45) is 0 Å². The van der Waals surface area contributed by atoms with Crippen LogP contribution in [0, 0.1) is 19.3 Å². The van der Waals surface area contributed by atoms with Gasteiger partial charge in [0.15, 0.2) is 10.8 Å². The van der Waals surface area contributed by atoms with Gasteiger partial charge in [0.2, 0.25) is 0 Å². The zero-order chi connectivity index (χ0) is 10.1. The van der Waals surface area contributed by atoms with E-state index in [1.807, 2.05) is 11.5 Å². The summed E-state index contributed by atoms with van der Waals surface area (Å²) in [7, 11) is 0. The van der Waals surface area contributed by atoms with E-state index in [1.165, 1.54) is 6.33 Å². The summed E-state index contributed by atoms with van der Waals surface area (Å²) in [5.74, 6) is 3.33. The number of rotatable bonds is 1. The van der Waals surface area contributed by atoms with E-state index < -0.39 is 0 Å². The van der Waals surface area contributed by atoms with Gasteiger partial charge in [-0.1, -0.05) is 17.5 Å². The van der Waals surface area contributed by atoms with Crippen LogP contribution in [0.1, 0.15) is 5.82 Å². The van der Waals surface area contributed by atoms with Gasteiger partial charge in [0.25, 0.3) is 0 Å². The predicted octanol–water partition coefficient (Wildman–Crippen LogP) is 1.42. The number of aromatic nitrogens is 4. The summed E-state index contributed by atoms with van der Waals surface area (Å²) in [6.45, 7) is 2.30. The molecule has 0 amide bonds. The van der Waals surface area contributed by atoms with Crippen molar-refractivity contribution in [1.29, 1.82) is 0 Å². The molecule has 0 radical (unpaired) electrons. The Hall–Kier alpha value is -1.60. The number of hydrogen-bond acceptors (Lipinski definition) is 3. The van der Waals surface area contributed by atoms with Crippen LogP contribution in [-0.2, 0) is 6.54 Å². The number of hydrogen-bond donors (Lipinski definition) is 0. The minimum atomic E-state index is 0.355. The minimum absolute atomic E-state index is 0.355. The molecule has 0 aromatic carbocycles. The van der Waals surface area contributed by atoms with Crippen LogP contribution in [0.3, 0.4) is 0 Å². The Bertz CT molecular complexity index is 523. The largest absolute Gasteiger partial charge is 0.301 e. The van der Waals surface area contributed by atoms with Crippen molar-refractivity contribution in [1.82, 2.24) is 19.5 Å². The van der Waals surface area contributed by atoms with Crippen molar-refractivity contribution in [3.63, 3.8) is 0 Å². The molecular weight excluding hydrogens is 200 g/mol. The highest BCUT2D eigenvalue weighted by Gasteiger charge is 2.10. The lowest BCUT2D eigenvalue weighted by molar-refractivity contribution is 0.813. The van der Waals surface area contributed by atoms with Gasteiger partial charge in [-0.3, -0.25) is 0 Å². The van der Waals surface area contributed by atoms with Crippen molar-refractivity contribution in [3.8, 4) is 12.3 Å². The Morgan fingerprint density at radius 2 is 2.36 bits per heavy atom. The molecule has 2 rings (SSSR count). The van der Waals surface area contributed by atoms with Gasteiger partial charge in [0, 0.05) is 0 Å². The van der Waals surface area contributed by atoms with Gasteiger partial charge in [-0.15, -0.1) is 6.42 Å². The van der Waals surface area contributed by atoms with Gasteiger partial charge in [-0.05, 0) is 6.92 Å². The highest BCUT2D eigenvalue weighted by atomic mass is 35.5. The first-order valence-electron chi connectivity index (χ1n) is 4.01. The molecule has 0 fully saturated rings. The minimum Gasteiger partial charge on any atom is -0.301 e. The second-order valence-electron chi connectivity index (χ2n) is 2.79. The summed E-state index contributed by atoms with van der Waals surface area (Å²) >= 11 is 5.86. The van der Waals surface area contributed by atoms with E-state index in [0.717, 1.165) is 5.82 Å². The average molecular weight is 207 g/mol. The summed E-state index contributed by atoms with van der Waals surface area (Å²) in [5.41, 5.74) is 1.28. The molecule has 2 aromatic rings. The first kappa shape index (κ1) is 8.97. The molecule has 14 heavy (non-hydrogen) atoms. The molecule has 0 unspecified atom stereocenters. The molecule has 0 bridgehead atoms. The van der Waals surface area contributed by atoms with Gasteiger partial charge < -0.3 is 4.57 Å². The van der Waals surface area contributed by atoms with Crippen LogP contribution in [0.4, 0.5) is 0 Å². The maximum absolute atomic E-state index is 5.86. The second-order valence-corrected chi connectivity index (χ2v) is 3.14. The van der Waals surface area contributed by atoms with Crippen LogP contribution < -0.4 is 0 Å². The highest BCUT2D eigenvalue weighted by molar-refractivity contribution is 6.33. The summed E-state index contributed by atoms with van der Waals surface area (Å²) < 4.78 is 1.82. The van der Waals surface area contributed by atoms with Crippen molar-refractivity contribution in [2.45, 2.75) is 13.5 Å². The van der Waals surface area contributed by atoms with Gasteiger partial charge in [0.05, 0.1) is 6.54 Å². The third-order valence-electron chi connectivity index (χ3n) is 1.93. The van der Waals surface area contributed by atoms with Crippen LogP contribution >= 0.6 is 11.6 Å². The molecule has 0 aliphatic carbocycles. The Morgan fingerprint density at radius 1 is 1.57 bits per heavy atom. The van der Waals surface area contributed by atoms with Crippen molar-refractivity contribution in [3.05, 3.63) is 17.3 Å². The monoisotopic (exact) mass is 206 g/mol. The molecule has 0 aliphatic rings. The Labute approximate surface area is 86.0 Å². The Morgan fingerprint density at radius 3 is 3.07 bits per heavy atom. The summed E-state index contributed by atoms with van der Waals surface area (Å²) in [5, 5.41) is 0.355. The van der Waals surface area contributed by atoms with E-state index in [1.54, 1.807) is 0 Å². The van der Waals surface area contributed by atoms with Crippen LogP contribution in [-0.4, -0.2) is 19.5 Å². The number of aryl methyl sites for hydroxylation is 1. The standard InChI is InChI=1S/C9H7ClN4/c1-3-4-14-6(2)13-7-8(10)11-5-12-9(7)14/h1,5H,4H2,2H3. The lowest BCUT2D eigenvalue weighted by Gasteiger charge is -1.98. The fourth-order valence-corrected chi connectivity index (χ4v) is 1.47. The summed E-state index contributed by atoms with van der Waals surface area (Å²) in [4.78, 5) is 12.2. The number of terminal acetylenes is 1. The molecule has 5 heteroatoms. The first-order valence-corrected chi connectivity index (χ1v) is 4.38. The summed E-state index contributed by atoms with van der Waals surface area (Å²) in [6, 6.07) is 0. The fourth-order valence-electron chi connectivity index (χ4n) is 1.30. The Kier molecular flexibility index (Phi) is 2.10. The molecule has 4 nitrogen and oxygen atoms in total. The molecule has 0 spiro atoms. The second kappa shape index (κ2) is 3.28. The van der Waals surface area contributed by atoms with Crippen molar-refractivity contribution < 1.29 is 0 Å². The number of halogens is 1. The smallest absolute Gasteiger partial charge is 0.165 e. The molecular formula is C9H7ClN4. The topological polar surface area (TPSA) is 43.6 Å². The van der Waals surface area contributed by atoms with Gasteiger partial charge in [0.1, 0.15) is 17.7 Å². The van der Waals surface area contributed by atoms with Crippen molar-refractivity contribution >= 4 is 22.8 Å². The maximum atomic E-state index is 5.86. The molecule has 0 saturated heterocycles. The zero-order valence-electron chi connectivity index (χ0n) is 7.53. The van der Waals surface area contributed by atoms with E-state index in [4.69, 9.17) is 18.0 Å². The molecule has 0 aliphatic heterocycles. The normalized spacial score (nSPS) is 10.4. The van der Waals surface area contributed by atoms with E-state index in [0.29, 0.717) is 22.9 Å². The van der Waals surface area contributed by atoms with Gasteiger partial charge in [-0.2, -0.15) is 0 Å². The van der Waals surface area contributed by atoms with E-state index in [-0.39, 0.29) is 0 Å². The zero-order valence-corrected chi connectivity index (χ0v) is 8.28. The SMILES string of the molecule is C#CCn1c(C)nc2c(Cl)ncnc21. The van der Waals surface area contributed by atoms with Crippen LogP contribution in [0.15, 0.2) is 6.33 Å². The quantitative estimate of drug-likeness (QED) is 0.524. The summed E-state index contributed by atoms with van der Waals surface area (Å²) in [6.07, 6.45) is 6.64. The van der Waals surface area contributed by atoms with E-state index in [9.17, 15) is 0 Å². The highest BCUT2D eigenvalue weighted by Crippen LogP contribution is 2.18. The lowest BCUT2D eigenvalue weighted by atomic mass is 10.5. The predicted molar refractivity (Wildman–Crippen MR) is 53.9 cm³/mol. The van der Waals surface area contributed by atoms with Crippen molar-refractivity contribution in [2.75, 3.05) is 0 Å². The van der Waals surface area contributed by atoms with Crippen LogP contribution in [0.25, 0.3) is 11.2 Å². The van der Waals surface area contributed by atoms with Gasteiger partial charge in [-0.25, -0.2) is 15.0 Å². The molecule has 2 aromatic heterocycles.